The minimum absolute atomic E-state index is 0.126. The minimum atomic E-state index is -0.465. The van der Waals surface area contributed by atoms with E-state index in [9.17, 15) is 14.4 Å². The SMILES string of the molecule is C=CC1=C(C)c2cc3nc(c(CC(=O)OC)c4[nH]c(cc5[nH]c(cc1n2)c(C)c5CC)c(C)c4C(=O)NCCCCC)[C@@H](CCC(=O)OC)[C@@H]3C. The van der Waals surface area contributed by atoms with Crippen LogP contribution in [0, 0.1) is 13.8 Å². The molecular weight excluding hydrogens is 642 g/mol. The summed E-state index contributed by atoms with van der Waals surface area (Å²) in [5, 5.41) is 3.13. The van der Waals surface area contributed by atoms with Crippen LogP contribution in [0.3, 0.4) is 0 Å². The number of fused-ring (bicyclic) bond motifs is 8. The lowest BCUT2D eigenvalue weighted by Crippen LogP contribution is -2.25. The second-order valence-corrected chi connectivity index (χ2v) is 13.5. The number of methoxy groups -OCH3 is 2. The lowest BCUT2D eigenvalue weighted by molar-refractivity contribution is -0.141. The quantitative estimate of drug-likeness (QED) is 0.129. The van der Waals surface area contributed by atoms with E-state index in [1.54, 1.807) is 0 Å². The lowest BCUT2D eigenvalue weighted by Gasteiger charge is -2.18. The van der Waals surface area contributed by atoms with Gasteiger partial charge in [0.25, 0.3) is 5.91 Å². The molecule has 2 aliphatic rings. The summed E-state index contributed by atoms with van der Waals surface area (Å²) in [6.45, 7) is 17.0. The summed E-state index contributed by atoms with van der Waals surface area (Å²) in [7, 11) is 2.73. The molecule has 0 saturated heterocycles. The number of unbranched alkanes of at least 4 members (excludes halogenated alkanes) is 2. The van der Waals surface area contributed by atoms with Crippen LogP contribution in [0.4, 0.5) is 0 Å². The summed E-state index contributed by atoms with van der Waals surface area (Å²) in [5.74, 6) is -1.42. The second-order valence-electron chi connectivity index (χ2n) is 13.5. The number of esters is 2. The number of nitrogens with zero attached hydrogens (tertiary/aromatic N) is 2. The van der Waals surface area contributed by atoms with Crippen LogP contribution in [0.2, 0.25) is 0 Å². The van der Waals surface area contributed by atoms with Crippen molar-refractivity contribution in [3.05, 3.63) is 81.4 Å². The predicted octanol–water partition coefficient (Wildman–Crippen LogP) is 8.09. The fraction of sp³-hybridized carbons (Fsp3) is 0.439. The molecule has 0 spiro atoms. The molecule has 0 saturated carbocycles. The second kappa shape index (κ2) is 15.9. The van der Waals surface area contributed by atoms with Gasteiger partial charge in [0.1, 0.15) is 0 Å². The smallest absolute Gasteiger partial charge is 0.310 e. The first kappa shape index (κ1) is 37.3. The number of carbonyl (C=O) groups excluding carboxylic acids is 3. The molecule has 51 heavy (non-hydrogen) atoms. The van der Waals surface area contributed by atoms with E-state index in [1.807, 2.05) is 32.1 Å². The van der Waals surface area contributed by atoms with Gasteiger partial charge in [-0.1, -0.05) is 46.3 Å². The molecule has 2 atom stereocenters. The molecule has 8 bridgehead atoms. The number of rotatable bonds is 12. The third-order valence-corrected chi connectivity index (χ3v) is 10.5. The van der Waals surface area contributed by atoms with E-state index in [4.69, 9.17) is 19.4 Å². The summed E-state index contributed by atoms with van der Waals surface area (Å²) in [6, 6.07) is 6.11. The minimum Gasteiger partial charge on any atom is -0.469 e. The molecule has 3 N–H and O–H groups in total. The highest BCUT2D eigenvalue weighted by Gasteiger charge is 2.34. The van der Waals surface area contributed by atoms with Crippen LogP contribution < -0.4 is 5.32 Å². The van der Waals surface area contributed by atoms with Gasteiger partial charge in [0.2, 0.25) is 0 Å². The van der Waals surface area contributed by atoms with Crippen molar-refractivity contribution >= 4 is 51.1 Å². The number of allylic oxidation sites excluding steroid dienone is 3. The average Bonchev–Trinajstić information content (AvgIpc) is 3.80. The zero-order valence-electron chi connectivity index (χ0n) is 31.3. The Bertz CT molecular complexity index is 2070. The molecule has 3 aromatic heterocycles. The average molecular weight is 694 g/mol. The molecule has 0 radical (unpaired) electrons. The normalized spacial score (nSPS) is 15.5. The maximum Gasteiger partial charge on any atom is 0.310 e. The van der Waals surface area contributed by atoms with Gasteiger partial charge < -0.3 is 24.8 Å². The molecule has 1 amide bonds. The van der Waals surface area contributed by atoms with Gasteiger partial charge in [0.15, 0.2) is 0 Å². The lowest BCUT2D eigenvalue weighted by atomic mass is 9.85. The Labute approximate surface area is 300 Å². The maximum atomic E-state index is 14.1. The van der Waals surface area contributed by atoms with E-state index in [-0.39, 0.29) is 36.6 Å². The van der Waals surface area contributed by atoms with Gasteiger partial charge in [-0.25, -0.2) is 4.98 Å². The third kappa shape index (κ3) is 7.41. The van der Waals surface area contributed by atoms with E-state index < -0.39 is 5.97 Å². The van der Waals surface area contributed by atoms with Crippen LogP contribution in [0.15, 0.2) is 30.9 Å². The van der Waals surface area contributed by atoms with Gasteiger partial charge in [-0.3, -0.25) is 19.4 Å². The largest absolute Gasteiger partial charge is 0.469 e. The molecular formula is C41H51N5O5. The van der Waals surface area contributed by atoms with Gasteiger partial charge in [-0.05, 0) is 80.5 Å². The Kier molecular flexibility index (Phi) is 11.6. The fourth-order valence-corrected chi connectivity index (χ4v) is 7.38. The van der Waals surface area contributed by atoms with Crippen molar-refractivity contribution in [2.45, 2.75) is 98.3 Å². The van der Waals surface area contributed by atoms with E-state index in [2.05, 4.69) is 55.6 Å². The molecule has 10 nitrogen and oxygen atoms in total. The zero-order valence-corrected chi connectivity index (χ0v) is 31.3. The first-order valence-electron chi connectivity index (χ1n) is 18.0. The molecule has 0 aromatic carbocycles. The molecule has 270 valence electrons. The molecule has 2 aliphatic heterocycles. The number of aromatic nitrogens is 4. The summed E-state index contributed by atoms with van der Waals surface area (Å²) >= 11 is 0. The first-order valence-corrected chi connectivity index (χ1v) is 18.0. The number of hydrogen-bond acceptors (Lipinski definition) is 7. The van der Waals surface area contributed by atoms with Crippen LogP contribution >= 0.6 is 0 Å². The molecule has 0 fully saturated rings. The van der Waals surface area contributed by atoms with Crippen LogP contribution in [0.1, 0.15) is 127 Å². The number of carbonyl (C=O) groups is 3. The van der Waals surface area contributed by atoms with Gasteiger partial charge in [0.05, 0.1) is 48.8 Å². The van der Waals surface area contributed by atoms with E-state index in [1.165, 1.54) is 14.2 Å². The highest BCUT2D eigenvalue weighted by atomic mass is 16.5. The standard InChI is InChI=1S/C41H51N5O5/c1-10-13-14-17-42-41(49)38-25(7)33-21-35-27(12-3)23(5)31(44-35)20-34-26(11-2)22(4)30(43-34)19-32-24(6)28(15-16-36(47)50-8)39(45-32)29(40(38)46-33)18-37(48)51-9/h11,19-21,24,28,44,46H,2,10,12-18H2,1,3-9H3,(H,42,49)/t24-,28-/m0/s1. The fourth-order valence-electron chi connectivity index (χ4n) is 7.38. The monoisotopic (exact) mass is 693 g/mol. The predicted molar refractivity (Wildman–Crippen MR) is 203 cm³/mol. The highest BCUT2D eigenvalue weighted by molar-refractivity contribution is 6.06. The van der Waals surface area contributed by atoms with Crippen molar-refractivity contribution in [1.82, 2.24) is 25.3 Å². The molecule has 0 unspecified atom stereocenters. The topological polar surface area (TPSA) is 139 Å². The highest BCUT2D eigenvalue weighted by Crippen LogP contribution is 2.43. The third-order valence-electron chi connectivity index (χ3n) is 10.5. The number of aryl methyl sites for hydroxylation is 3. The van der Waals surface area contributed by atoms with Crippen LogP contribution in [-0.2, 0) is 31.9 Å². The van der Waals surface area contributed by atoms with Gasteiger partial charge in [-0.2, -0.15) is 0 Å². The summed E-state index contributed by atoms with van der Waals surface area (Å²) in [5.41, 5.74) is 12.1. The van der Waals surface area contributed by atoms with Crippen molar-refractivity contribution in [1.29, 1.82) is 0 Å². The molecule has 5 rings (SSSR count). The summed E-state index contributed by atoms with van der Waals surface area (Å²) in [6.07, 6.45) is 5.99. The number of nitrogens with one attached hydrogen (secondary N) is 3. The Morgan fingerprint density at radius 3 is 2.29 bits per heavy atom. The number of hydrogen-bond donors (Lipinski definition) is 3. The number of aromatic amines is 2. The van der Waals surface area contributed by atoms with E-state index >= 15 is 0 Å². The van der Waals surface area contributed by atoms with Crippen molar-refractivity contribution in [3.8, 4) is 0 Å². The summed E-state index contributed by atoms with van der Waals surface area (Å²) < 4.78 is 10.2. The van der Waals surface area contributed by atoms with Crippen LogP contribution in [-0.4, -0.2) is 58.5 Å². The van der Waals surface area contributed by atoms with Gasteiger partial charge in [0, 0.05) is 58.2 Å². The van der Waals surface area contributed by atoms with Crippen molar-refractivity contribution in [3.63, 3.8) is 0 Å². The molecule has 10 heteroatoms. The van der Waals surface area contributed by atoms with Crippen LogP contribution in [0.5, 0.6) is 0 Å². The molecule has 0 aliphatic carbocycles. The van der Waals surface area contributed by atoms with E-state index in [0.717, 1.165) is 87.2 Å². The zero-order chi connectivity index (χ0) is 37.0. The number of ether oxygens (including phenoxy) is 2. The Hall–Kier alpha value is -4.99. The van der Waals surface area contributed by atoms with Crippen molar-refractivity contribution < 1.29 is 23.9 Å². The molecule has 3 aromatic rings. The molecule has 5 heterocycles. The Morgan fingerprint density at radius 1 is 0.902 bits per heavy atom. The van der Waals surface area contributed by atoms with E-state index in [0.29, 0.717) is 35.3 Å². The first-order chi connectivity index (χ1) is 24.5. The number of amides is 1. The van der Waals surface area contributed by atoms with Crippen molar-refractivity contribution in [2.75, 3.05) is 20.8 Å². The van der Waals surface area contributed by atoms with Crippen LogP contribution in [0.25, 0.3) is 33.2 Å². The Morgan fingerprint density at radius 2 is 1.63 bits per heavy atom. The maximum absolute atomic E-state index is 14.1. The van der Waals surface area contributed by atoms with Crippen molar-refractivity contribution in [2.24, 2.45) is 0 Å². The van der Waals surface area contributed by atoms with Gasteiger partial charge in [-0.15, -0.1) is 0 Å². The Balaban J connectivity index is 1.97. The summed E-state index contributed by atoms with van der Waals surface area (Å²) in [4.78, 5) is 57.3. The number of H-pyrrole nitrogens is 2. The van der Waals surface area contributed by atoms with Gasteiger partial charge >= 0.3 is 11.9 Å².